The van der Waals surface area contributed by atoms with E-state index in [2.05, 4.69) is 21.2 Å². The van der Waals surface area contributed by atoms with Crippen LogP contribution in [0.25, 0.3) is 0 Å². The number of urea groups is 1. The summed E-state index contributed by atoms with van der Waals surface area (Å²) in [7, 11) is 0. The van der Waals surface area contributed by atoms with E-state index in [1.54, 1.807) is 4.90 Å². The molecule has 1 aliphatic heterocycles. The highest BCUT2D eigenvalue weighted by atomic mass is 79.9. The summed E-state index contributed by atoms with van der Waals surface area (Å²) in [6.45, 7) is 4.52. The fourth-order valence-corrected chi connectivity index (χ4v) is 2.04. The summed E-state index contributed by atoms with van der Waals surface area (Å²) < 4.78 is 6.11. The van der Waals surface area contributed by atoms with Gasteiger partial charge in [0.25, 0.3) is 0 Å². The van der Waals surface area contributed by atoms with Crippen LogP contribution in [-0.2, 0) is 4.74 Å². The third kappa shape index (κ3) is 3.20. The smallest absolute Gasteiger partial charge is 0.322 e. The highest BCUT2D eigenvalue weighted by Crippen LogP contribution is 2.23. The Labute approximate surface area is 109 Å². The van der Waals surface area contributed by atoms with Crippen LogP contribution in [0.1, 0.15) is 5.56 Å². The van der Waals surface area contributed by atoms with Gasteiger partial charge in [0.05, 0.1) is 18.9 Å². The minimum Gasteiger partial charge on any atom is -0.378 e. The molecule has 1 saturated heterocycles. The van der Waals surface area contributed by atoms with E-state index in [0.717, 1.165) is 15.7 Å². The Morgan fingerprint density at radius 2 is 2.12 bits per heavy atom. The van der Waals surface area contributed by atoms with Crippen molar-refractivity contribution in [2.45, 2.75) is 6.92 Å². The van der Waals surface area contributed by atoms with Gasteiger partial charge >= 0.3 is 6.03 Å². The van der Waals surface area contributed by atoms with E-state index >= 15 is 0 Å². The average Bonchev–Trinajstić information content (AvgIpc) is 2.35. The molecule has 5 heteroatoms. The summed E-state index contributed by atoms with van der Waals surface area (Å²) in [6, 6.07) is 5.81. The van der Waals surface area contributed by atoms with Crippen LogP contribution in [-0.4, -0.2) is 37.2 Å². The first-order chi connectivity index (χ1) is 8.16. The maximum absolute atomic E-state index is 12.0. The monoisotopic (exact) mass is 298 g/mol. The van der Waals surface area contributed by atoms with Crippen LogP contribution < -0.4 is 5.32 Å². The van der Waals surface area contributed by atoms with Crippen molar-refractivity contribution in [3.05, 3.63) is 28.2 Å². The molecule has 92 valence electrons. The molecule has 0 spiro atoms. The van der Waals surface area contributed by atoms with E-state index in [0.29, 0.717) is 26.3 Å². The quantitative estimate of drug-likeness (QED) is 0.866. The number of nitrogens with one attached hydrogen (secondary N) is 1. The van der Waals surface area contributed by atoms with Crippen molar-refractivity contribution in [3.8, 4) is 0 Å². The van der Waals surface area contributed by atoms with Crippen LogP contribution in [0.2, 0.25) is 0 Å². The van der Waals surface area contributed by atoms with Crippen LogP contribution in [0, 0.1) is 6.92 Å². The standard InChI is InChI=1S/C12H15BrN2O2/c1-9-2-3-10(13)11(8-9)14-12(16)15-4-6-17-7-5-15/h2-3,8H,4-7H2,1H3,(H,14,16). The molecule has 1 aliphatic rings. The van der Waals surface area contributed by atoms with E-state index in [1.807, 2.05) is 25.1 Å². The summed E-state index contributed by atoms with van der Waals surface area (Å²) in [5.74, 6) is 0. The van der Waals surface area contributed by atoms with Crippen molar-refractivity contribution >= 4 is 27.6 Å². The van der Waals surface area contributed by atoms with Gasteiger partial charge in [0, 0.05) is 17.6 Å². The molecule has 17 heavy (non-hydrogen) atoms. The second-order valence-electron chi connectivity index (χ2n) is 4.01. The molecular formula is C12H15BrN2O2. The number of nitrogens with zero attached hydrogens (tertiary/aromatic N) is 1. The summed E-state index contributed by atoms with van der Waals surface area (Å²) in [5.41, 5.74) is 1.92. The van der Waals surface area contributed by atoms with Gasteiger partial charge in [0.1, 0.15) is 0 Å². The largest absolute Gasteiger partial charge is 0.378 e. The molecule has 0 unspecified atom stereocenters. The van der Waals surface area contributed by atoms with Gasteiger partial charge in [-0.15, -0.1) is 0 Å². The van der Waals surface area contributed by atoms with Crippen LogP contribution in [0.5, 0.6) is 0 Å². The van der Waals surface area contributed by atoms with Crippen molar-refractivity contribution in [2.75, 3.05) is 31.6 Å². The van der Waals surface area contributed by atoms with Gasteiger partial charge in [-0.25, -0.2) is 4.79 Å². The van der Waals surface area contributed by atoms with Gasteiger partial charge < -0.3 is 15.0 Å². The number of aryl methyl sites for hydroxylation is 1. The number of morpholine rings is 1. The number of anilines is 1. The molecule has 1 fully saturated rings. The Morgan fingerprint density at radius 1 is 1.41 bits per heavy atom. The second kappa shape index (κ2) is 5.51. The molecule has 1 heterocycles. The molecule has 0 aliphatic carbocycles. The third-order valence-electron chi connectivity index (χ3n) is 2.66. The molecule has 0 bridgehead atoms. The first-order valence-electron chi connectivity index (χ1n) is 5.56. The number of hydrogen-bond acceptors (Lipinski definition) is 2. The molecular weight excluding hydrogens is 284 g/mol. The molecule has 1 aromatic rings. The predicted octanol–water partition coefficient (Wildman–Crippen LogP) is 2.62. The first-order valence-corrected chi connectivity index (χ1v) is 6.36. The molecule has 0 atom stereocenters. The van der Waals surface area contributed by atoms with Crippen LogP contribution in [0.15, 0.2) is 22.7 Å². The summed E-state index contributed by atoms with van der Waals surface area (Å²) in [6.07, 6.45) is 0. The zero-order valence-electron chi connectivity index (χ0n) is 9.70. The topological polar surface area (TPSA) is 41.6 Å². The van der Waals surface area contributed by atoms with Gasteiger partial charge in [-0.2, -0.15) is 0 Å². The Bertz CT molecular complexity index is 417. The maximum atomic E-state index is 12.0. The Kier molecular flexibility index (Phi) is 4.02. The third-order valence-corrected chi connectivity index (χ3v) is 3.35. The number of carbonyl (C=O) groups excluding carboxylic acids is 1. The lowest BCUT2D eigenvalue weighted by Gasteiger charge is -2.27. The number of benzene rings is 1. The Morgan fingerprint density at radius 3 is 2.82 bits per heavy atom. The molecule has 0 saturated carbocycles. The van der Waals surface area contributed by atoms with Crippen molar-refractivity contribution in [1.29, 1.82) is 0 Å². The lowest BCUT2D eigenvalue weighted by Crippen LogP contribution is -2.43. The SMILES string of the molecule is Cc1ccc(Br)c(NC(=O)N2CCOCC2)c1. The van der Waals surface area contributed by atoms with E-state index in [4.69, 9.17) is 4.74 Å². The highest BCUT2D eigenvalue weighted by Gasteiger charge is 2.17. The van der Waals surface area contributed by atoms with E-state index in [9.17, 15) is 4.79 Å². The Hall–Kier alpha value is -1.07. The van der Waals surface area contributed by atoms with Crippen molar-refractivity contribution < 1.29 is 9.53 Å². The summed E-state index contributed by atoms with van der Waals surface area (Å²) in [5, 5.41) is 2.91. The zero-order valence-corrected chi connectivity index (χ0v) is 11.3. The molecule has 0 aromatic heterocycles. The van der Waals surface area contributed by atoms with Gasteiger partial charge in [-0.05, 0) is 40.5 Å². The maximum Gasteiger partial charge on any atom is 0.322 e. The first kappa shape index (κ1) is 12.4. The van der Waals surface area contributed by atoms with Gasteiger partial charge in [-0.1, -0.05) is 6.07 Å². The highest BCUT2D eigenvalue weighted by molar-refractivity contribution is 9.10. The molecule has 2 amide bonds. The van der Waals surface area contributed by atoms with Crippen molar-refractivity contribution in [3.63, 3.8) is 0 Å². The number of hydrogen-bond donors (Lipinski definition) is 1. The minimum atomic E-state index is -0.0698. The fraction of sp³-hybridized carbons (Fsp3) is 0.417. The second-order valence-corrected chi connectivity index (χ2v) is 4.87. The predicted molar refractivity (Wildman–Crippen MR) is 70.3 cm³/mol. The van der Waals surface area contributed by atoms with E-state index in [-0.39, 0.29) is 6.03 Å². The molecule has 4 nitrogen and oxygen atoms in total. The van der Waals surface area contributed by atoms with Crippen LogP contribution in [0.3, 0.4) is 0 Å². The average molecular weight is 299 g/mol. The lowest BCUT2D eigenvalue weighted by molar-refractivity contribution is 0.0564. The number of ether oxygens (including phenoxy) is 1. The van der Waals surface area contributed by atoms with Crippen molar-refractivity contribution in [1.82, 2.24) is 4.90 Å². The zero-order chi connectivity index (χ0) is 12.3. The van der Waals surface area contributed by atoms with Crippen molar-refractivity contribution in [2.24, 2.45) is 0 Å². The number of amides is 2. The normalized spacial score (nSPS) is 15.8. The van der Waals surface area contributed by atoms with Gasteiger partial charge in [0.15, 0.2) is 0 Å². The minimum absolute atomic E-state index is 0.0698. The lowest BCUT2D eigenvalue weighted by atomic mass is 10.2. The Balaban J connectivity index is 2.04. The van der Waals surface area contributed by atoms with Crippen LogP contribution in [0.4, 0.5) is 10.5 Å². The fourth-order valence-electron chi connectivity index (χ4n) is 1.70. The summed E-state index contributed by atoms with van der Waals surface area (Å²) >= 11 is 3.43. The number of halogens is 1. The molecule has 0 radical (unpaired) electrons. The number of rotatable bonds is 1. The van der Waals surface area contributed by atoms with E-state index in [1.165, 1.54) is 0 Å². The van der Waals surface area contributed by atoms with Crippen LogP contribution >= 0.6 is 15.9 Å². The van der Waals surface area contributed by atoms with Gasteiger partial charge in [0.2, 0.25) is 0 Å². The van der Waals surface area contributed by atoms with Gasteiger partial charge in [-0.3, -0.25) is 0 Å². The number of carbonyl (C=O) groups is 1. The van der Waals surface area contributed by atoms with E-state index < -0.39 is 0 Å². The molecule has 1 aromatic carbocycles. The molecule has 2 rings (SSSR count). The molecule has 1 N–H and O–H groups in total. The summed E-state index contributed by atoms with van der Waals surface area (Å²) in [4.78, 5) is 13.7.